The minimum Gasteiger partial charge on any atom is -0.494 e. The van der Waals surface area contributed by atoms with Crippen molar-refractivity contribution in [2.75, 3.05) is 33.2 Å². The number of carbonyl (C=O) groups excluding carboxylic acids is 1. The third-order valence-corrected chi connectivity index (χ3v) is 7.44. The number of H-pyrrole nitrogens is 1. The zero-order chi connectivity index (χ0) is 27.5. The van der Waals surface area contributed by atoms with Crippen LogP contribution in [-0.4, -0.2) is 75.8 Å². The summed E-state index contributed by atoms with van der Waals surface area (Å²) in [6, 6.07) is 20.4. The third kappa shape index (κ3) is 6.05. The van der Waals surface area contributed by atoms with Gasteiger partial charge in [0.25, 0.3) is 5.91 Å². The summed E-state index contributed by atoms with van der Waals surface area (Å²) in [6.07, 6.45) is 0.400. The number of aliphatic imine (C=N–C) groups is 1. The van der Waals surface area contributed by atoms with Crippen molar-refractivity contribution < 1.29 is 19.8 Å². The zero-order valence-electron chi connectivity index (χ0n) is 21.5. The molecule has 9 heteroatoms. The summed E-state index contributed by atoms with van der Waals surface area (Å²) < 4.78 is 0.873. The molecule has 5 rings (SSSR count). The standard InChI is InChI=1S/C30H29BrN4O4/c1-34-13-15-35(16-14-34)30(39)20-6-9-23(10-7-20)32-28(21-4-2-3-19(17-21)5-12-26(36)37)27-24-11-8-22(31)18-25(24)33-29(27)38/h2-4,6-11,17-18,33,38H,5,12-16H2,1H3,(H,36,37). The van der Waals surface area contributed by atoms with Crippen molar-refractivity contribution in [2.24, 2.45) is 4.99 Å². The Bertz CT molecular complexity index is 1550. The number of nitrogens with one attached hydrogen (secondary N) is 1. The second-order valence-electron chi connectivity index (χ2n) is 9.74. The van der Waals surface area contributed by atoms with Gasteiger partial charge in [-0.2, -0.15) is 0 Å². The van der Waals surface area contributed by atoms with Crippen molar-refractivity contribution in [3.63, 3.8) is 0 Å². The first-order chi connectivity index (χ1) is 18.8. The maximum Gasteiger partial charge on any atom is 0.303 e. The van der Waals surface area contributed by atoms with Crippen molar-refractivity contribution in [3.05, 3.63) is 93.5 Å². The number of aryl methyl sites for hydroxylation is 1. The number of carboxylic acid groups (broad SMARTS) is 1. The summed E-state index contributed by atoms with van der Waals surface area (Å²) in [7, 11) is 2.05. The van der Waals surface area contributed by atoms with Gasteiger partial charge in [0, 0.05) is 53.6 Å². The topological polar surface area (TPSA) is 109 Å². The number of carboxylic acids is 1. The number of hydrogen-bond donors (Lipinski definition) is 3. The molecule has 0 bridgehead atoms. The fraction of sp³-hybridized carbons (Fsp3) is 0.233. The molecule has 0 radical (unpaired) electrons. The number of aromatic hydroxyl groups is 1. The molecular weight excluding hydrogens is 560 g/mol. The van der Waals surface area contributed by atoms with Crippen LogP contribution < -0.4 is 0 Å². The molecule has 8 nitrogen and oxygen atoms in total. The van der Waals surface area contributed by atoms with Crippen LogP contribution in [0.2, 0.25) is 0 Å². The summed E-state index contributed by atoms with van der Waals surface area (Å²) in [5.74, 6) is -0.871. The molecular formula is C30H29BrN4O4. The second kappa shape index (κ2) is 11.4. The molecule has 3 N–H and O–H groups in total. The van der Waals surface area contributed by atoms with E-state index in [0.717, 1.165) is 39.6 Å². The van der Waals surface area contributed by atoms with E-state index >= 15 is 0 Å². The quantitative estimate of drug-likeness (QED) is 0.257. The van der Waals surface area contributed by atoms with Gasteiger partial charge in [0.2, 0.25) is 0 Å². The van der Waals surface area contributed by atoms with Crippen LogP contribution >= 0.6 is 15.9 Å². The van der Waals surface area contributed by atoms with Gasteiger partial charge < -0.3 is 25.0 Å². The lowest BCUT2D eigenvalue weighted by molar-refractivity contribution is -0.136. The lowest BCUT2D eigenvalue weighted by atomic mass is 9.97. The van der Waals surface area contributed by atoms with Gasteiger partial charge in [-0.05, 0) is 61.5 Å². The van der Waals surface area contributed by atoms with Crippen LogP contribution in [0.3, 0.4) is 0 Å². The summed E-state index contributed by atoms with van der Waals surface area (Å²) in [4.78, 5) is 36.2. The molecule has 0 aliphatic carbocycles. The molecule has 0 saturated carbocycles. The van der Waals surface area contributed by atoms with Crippen LogP contribution in [0.5, 0.6) is 5.88 Å². The number of fused-ring (bicyclic) bond motifs is 1. The molecule has 1 saturated heterocycles. The lowest BCUT2D eigenvalue weighted by Gasteiger charge is -2.32. The molecule has 1 aromatic heterocycles. The van der Waals surface area contributed by atoms with Crippen LogP contribution in [0, 0.1) is 0 Å². The number of likely N-dealkylation sites (N-methyl/N-ethyl adjacent to an activating group) is 1. The molecule has 3 aromatic carbocycles. The smallest absolute Gasteiger partial charge is 0.303 e. The van der Waals surface area contributed by atoms with Crippen molar-refractivity contribution in [2.45, 2.75) is 12.8 Å². The molecule has 1 amide bonds. The predicted molar refractivity (Wildman–Crippen MR) is 155 cm³/mol. The number of piperazine rings is 1. The number of carbonyl (C=O) groups is 2. The van der Waals surface area contributed by atoms with Crippen molar-refractivity contribution in [3.8, 4) is 5.88 Å². The monoisotopic (exact) mass is 588 g/mol. The van der Waals surface area contributed by atoms with Crippen LogP contribution in [0.25, 0.3) is 10.9 Å². The Morgan fingerprint density at radius 1 is 0.974 bits per heavy atom. The van der Waals surface area contributed by atoms with Crippen LogP contribution in [0.4, 0.5) is 5.69 Å². The normalized spacial score (nSPS) is 14.6. The first-order valence-corrected chi connectivity index (χ1v) is 13.6. The molecule has 0 spiro atoms. The zero-order valence-corrected chi connectivity index (χ0v) is 23.1. The summed E-state index contributed by atoms with van der Waals surface area (Å²) in [5.41, 5.74) is 4.67. The third-order valence-electron chi connectivity index (χ3n) is 6.95. The average molecular weight is 589 g/mol. The van der Waals surface area contributed by atoms with Crippen molar-refractivity contribution in [1.29, 1.82) is 0 Å². The predicted octanol–water partition coefficient (Wildman–Crippen LogP) is 5.21. The fourth-order valence-electron chi connectivity index (χ4n) is 4.79. The van der Waals surface area contributed by atoms with E-state index in [0.29, 0.717) is 42.0 Å². The van der Waals surface area contributed by atoms with Gasteiger partial charge in [0.1, 0.15) is 0 Å². The highest BCUT2D eigenvalue weighted by molar-refractivity contribution is 9.10. The Hall–Kier alpha value is -3.95. The molecule has 1 aliphatic heterocycles. The van der Waals surface area contributed by atoms with Crippen LogP contribution in [0.1, 0.15) is 33.5 Å². The van der Waals surface area contributed by atoms with E-state index < -0.39 is 5.97 Å². The Kier molecular flexibility index (Phi) is 7.81. The van der Waals surface area contributed by atoms with Gasteiger partial charge in [-0.25, -0.2) is 4.99 Å². The maximum absolute atomic E-state index is 13.0. The van der Waals surface area contributed by atoms with E-state index in [-0.39, 0.29) is 18.2 Å². The Labute approximate surface area is 234 Å². The number of halogens is 1. The highest BCUT2D eigenvalue weighted by Gasteiger charge is 2.21. The molecule has 2 heterocycles. The number of hydrogen-bond acceptors (Lipinski definition) is 5. The number of aliphatic carboxylic acids is 1. The van der Waals surface area contributed by atoms with Gasteiger partial charge in [-0.3, -0.25) is 9.59 Å². The summed E-state index contributed by atoms with van der Waals surface area (Å²) in [6.45, 7) is 3.11. The minimum absolute atomic E-state index is 0.00448. The van der Waals surface area contributed by atoms with Crippen molar-refractivity contribution >= 4 is 50.1 Å². The number of nitrogens with zero attached hydrogens (tertiary/aromatic N) is 3. The lowest BCUT2D eigenvalue weighted by Crippen LogP contribution is -2.47. The van der Waals surface area contributed by atoms with E-state index in [1.807, 2.05) is 47.4 Å². The van der Waals surface area contributed by atoms with Gasteiger partial charge >= 0.3 is 5.97 Å². The van der Waals surface area contributed by atoms with E-state index in [9.17, 15) is 14.7 Å². The van der Waals surface area contributed by atoms with E-state index in [1.54, 1.807) is 24.3 Å². The molecule has 39 heavy (non-hydrogen) atoms. The molecule has 200 valence electrons. The molecule has 4 aromatic rings. The summed E-state index contributed by atoms with van der Waals surface area (Å²) in [5, 5.41) is 20.9. The van der Waals surface area contributed by atoms with E-state index in [1.165, 1.54) is 0 Å². The minimum atomic E-state index is -0.861. The molecule has 1 aliphatic rings. The van der Waals surface area contributed by atoms with Crippen molar-refractivity contribution in [1.82, 2.24) is 14.8 Å². The Morgan fingerprint density at radius 2 is 1.72 bits per heavy atom. The van der Waals surface area contributed by atoms with Gasteiger partial charge in [-0.1, -0.05) is 40.2 Å². The highest BCUT2D eigenvalue weighted by atomic mass is 79.9. The number of aromatic nitrogens is 1. The Morgan fingerprint density at radius 3 is 2.44 bits per heavy atom. The largest absolute Gasteiger partial charge is 0.494 e. The van der Waals surface area contributed by atoms with E-state index in [2.05, 4.69) is 32.9 Å². The van der Waals surface area contributed by atoms with Gasteiger partial charge in [0.05, 0.1) is 22.5 Å². The van der Waals surface area contributed by atoms with E-state index in [4.69, 9.17) is 10.1 Å². The fourth-order valence-corrected chi connectivity index (χ4v) is 5.15. The van der Waals surface area contributed by atoms with Crippen LogP contribution in [0.15, 0.2) is 76.2 Å². The van der Waals surface area contributed by atoms with Gasteiger partial charge in [-0.15, -0.1) is 0 Å². The second-order valence-corrected chi connectivity index (χ2v) is 10.7. The van der Waals surface area contributed by atoms with Crippen LogP contribution in [-0.2, 0) is 11.2 Å². The average Bonchev–Trinajstić information content (AvgIpc) is 3.25. The summed E-state index contributed by atoms with van der Waals surface area (Å²) >= 11 is 3.48. The molecule has 1 fully saturated rings. The molecule has 0 unspecified atom stereocenters. The number of benzene rings is 3. The van der Waals surface area contributed by atoms with Gasteiger partial charge in [0.15, 0.2) is 5.88 Å². The Balaban J connectivity index is 1.54. The number of aromatic amines is 1. The maximum atomic E-state index is 13.0. The number of amides is 1. The number of rotatable bonds is 7. The SMILES string of the molecule is CN1CCN(C(=O)c2ccc(N=C(c3cccc(CCC(=O)O)c3)c3c(O)[nH]c4cc(Br)ccc34)cc2)CC1. The molecule has 0 atom stereocenters. The first kappa shape index (κ1) is 26.6. The first-order valence-electron chi connectivity index (χ1n) is 12.8. The highest BCUT2D eigenvalue weighted by Crippen LogP contribution is 2.33.